The van der Waals surface area contributed by atoms with E-state index in [9.17, 15) is 19.2 Å². The number of rotatable bonds is 5. The van der Waals surface area contributed by atoms with Gasteiger partial charge in [-0.2, -0.15) is 0 Å². The SMILES string of the molecule is O=C1CCC(N2Cc3c(C#CCCNC(=O)c4ccc(-c5cc6ccccc6cn5)cn4)cccc3C2=O)C(=O)N1. The van der Waals surface area contributed by atoms with E-state index in [1.807, 2.05) is 48.7 Å². The quantitative estimate of drug-likeness (QED) is 0.227. The van der Waals surface area contributed by atoms with Crippen molar-refractivity contribution in [3.8, 4) is 23.1 Å². The van der Waals surface area contributed by atoms with Gasteiger partial charge in [-0.15, -0.1) is 0 Å². The minimum Gasteiger partial charge on any atom is -0.350 e. The minimum atomic E-state index is -0.671. The number of pyridine rings is 2. The maximum atomic E-state index is 13.0. The van der Waals surface area contributed by atoms with Gasteiger partial charge in [0.15, 0.2) is 0 Å². The maximum absolute atomic E-state index is 13.0. The maximum Gasteiger partial charge on any atom is 0.269 e. The first-order chi connectivity index (χ1) is 20.0. The van der Waals surface area contributed by atoms with Crippen LogP contribution in [0.15, 0.2) is 73.1 Å². The molecule has 1 unspecified atom stereocenters. The van der Waals surface area contributed by atoms with Gasteiger partial charge in [0, 0.05) is 60.4 Å². The normalized spacial score (nSPS) is 16.1. The largest absolute Gasteiger partial charge is 0.350 e. The number of aromatic nitrogens is 2. The third-order valence-corrected chi connectivity index (χ3v) is 7.26. The summed E-state index contributed by atoms with van der Waals surface area (Å²) in [6.07, 6.45) is 4.38. The molecule has 2 aliphatic rings. The van der Waals surface area contributed by atoms with E-state index < -0.39 is 11.9 Å². The monoisotopic (exact) mass is 543 g/mol. The molecule has 6 rings (SSSR count). The first kappa shape index (κ1) is 25.9. The highest BCUT2D eigenvalue weighted by Crippen LogP contribution is 2.29. The highest BCUT2D eigenvalue weighted by molar-refractivity contribution is 6.05. The summed E-state index contributed by atoms with van der Waals surface area (Å²) in [6.45, 7) is 0.594. The Morgan fingerprint density at radius 1 is 1.00 bits per heavy atom. The van der Waals surface area contributed by atoms with Crippen molar-refractivity contribution in [2.24, 2.45) is 0 Å². The highest BCUT2D eigenvalue weighted by atomic mass is 16.2. The lowest BCUT2D eigenvalue weighted by atomic mass is 10.0. The lowest BCUT2D eigenvalue weighted by Gasteiger charge is -2.29. The number of hydrogen-bond acceptors (Lipinski definition) is 6. The van der Waals surface area contributed by atoms with Crippen LogP contribution in [0, 0.1) is 11.8 Å². The number of fused-ring (bicyclic) bond motifs is 2. The zero-order chi connectivity index (χ0) is 28.3. The summed E-state index contributed by atoms with van der Waals surface area (Å²) in [7, 11) is 0. The molecule has 1 saturated heterocycles. The molecule has 2 N–H and O–H groups in total. The van der Waals surface area contributed by atoms with Gasteiger partial charge in [0.05, 0.1) is 5.69 Å². The number of carbonyl (C=O) groups excluding carboxylic acids is 4. The number of nitrogens with one attached hydrogen (secondary N) is 2. The predicted molar refractivity (Wildman–Crippen MR) is 151 cm³/mol. The molecule has 0 bridgehead atoms. The molecule has 2 aromatic carbocycles. The second-order valence-corrected chi connectivity index (χ2v) is 9.89. The third-order valence-electron chi connectivity index (χ3n) is 7.26. The molecule has 202 valence electrons. The Labute approximate surface area is 236 Å². The molecule has 1 atom stereocenters. The minimum absolute atomic E-state index is 0.205. The van der Waals surface area contributed by atoms with Crippen LogP contribution in [0.3, 0.4) is 0 Å². The van der Waals surface area contributed by atoms with Crippen LogP contribution in [0.5, 0.6) is 0 Å². The molecule has 0 radical (unpaired) electrons. The Morgan fingerprint density at radius 2 is 1.85 bits per heavy atom. The Kier molecular flexibility index (Phi) is 6.96. The molecular weight excluding hydrogens is 518 g/mol. The van der Waals surface area contributed by atoms with E-state index in [-0.39, 0.29) is 30.7 Å². The van der Waals surface area contributed by atoms with Crippen LogP contribution in [-0.2, 0) is 16.1 Å². The number of amides is 4. The van der Waals surface area contributed by atoms with Gasteiger partial charge in [-0.1, -0.05) is 42.2 Å². The van der Waals surface area contributed by atoms with Crippen molar-refractivity contribution in [1.82, 2.24) is 25.5 Å². The average Bonchev–Trinajstić information content (AvgIpc) is 3.33. The smallest absolute Gasteiger partial charge is 0.269 e. The second kappa shape index (κ2) is 11.0. The van der Waals surface area contributed by atoms with Crippen LogP contribution >= 0.6 is 0 Å². The van der Waals surface area contributed by atoms with Crippen LogP contribution < -0.4 is 10.6 Å². The number of imide groups is 1. The summed E-state index contributed by atoms with van der Waals surface area (Å²) in [5, 5.41) is 7.29. The van der Waals surface area contributed by atoms with Gasteiger partial charge in [-0.3, -0.25) is 34.5 Å². The van der Waals surface area contributed by atoms with Gasteiger partial charge in [-0.25, -0.2) is 0 Å². The molecule has 0 aliphatic carbocycles. The van der Waals surface area contributed by atoms with E-state index in [0.29, 0.717) is 36.2 Å². The summed E-state index contributed by atoms with van der Waals surface area (Å²) in [6, 6.07) is 18.1. The second-order valence-electron chi connectivity index (χ2n) is 9.89. The lowest BCUT2D eigenvalue weighted by Crippen LogP contribution is -2.52. The first-order valence-electron chi connectivity index (χ1n) is 13.3. The van der Waals surface area contributed by atoms with Crippen molar-refractivity contribution in [3.05, 3.63) is 95.4 Å². The fraction of sp³-hybridized carbons (Fsp3) is 0.188. The summed E-state index contributed by atoms with van der Waals surface area (Å²) in [5.41, 5.74) is 3.90. The zero-order valence-corrected chi connectivity index (χ0v) is 22.0. The topological polar surface area (TPSA) is 121 Å². The van der Waals surface area contributed by atoms with Gasteiger partial charge < -0.3 is 10.2 Å². The van der Waals surface area contributed by atoms with Gasteiger partial charge in [-0.05, 0) is 47.7 Å². The van der Waals surface area contributed by atoms with E-state index >= 15 is 0 Å². The molecule has 1 fully saturated rings. The van der Waals surface area contributed by atoms with Crippen LogP contribution in [0.1, 0.15) is 51.2 Å². The standard InChI is InChI=1S/C32H25N5O4/c38-29-14-13-28(31(40)36-29)37-19-25-20(9-5-10-24(25)32(37)41)6-3-4-15-33-30(39)26-12-11-23(18-34-26)27-16-21-7-1-2-8-22(21)17-35-27/h1-2,5,7-12,16-18,28H,4,13-15,19H2,(H,33,39)(H,36,38,40). The average molecular weight is 544 g/mol. The van der Waals surface area contributed by atoms with Crippen molar-refractivity contribution in [3.63, 3.8) is 0 Å². The Balaban J connectivity index is 1.05. The van der Waals surface area contributed by atoms with Crippen molar-refractivity contribution in [1.29, 1.82) is 0 Å². The fourth-order valence-electron chi connectivity index (χ4n) is 5.11. The number of hydrogen-bond donors (Lipinski definition) is 2. The molecule has 4 aromatic rings. The molecule has 0 spiro atoms. The zero-order valence-electron chi connectivity index (χ0n) is 22.0. The Morgan fingerprint density at radius 3 is 2.66 bits per heavy atom. The van der Waals surface area contributed by atoms with Crippen molar-refractivity contribution in [2.45, 2.75) is 31.8 Å². The van der Waals surface area contributed by atoms with Gasteiger partial charge in [0.1, 0.15) is 11.7 Å². The van der Waals surface area contributed by atoms with E-state index in [4.69, 9.17) is 0 Å². The summed E-state index contributed by atoms with van der Waals surface area (Å²) < 4.78 is 0. The number of piperidine rings is 1. The molecule has 2 aromatic heterocycles. The molecule has 4 amide bonds. The van der Waals surface area contributed by atoms with Crippen molar-refractivity contribution < 1.29 is 19.2 Å². The molecule has 0 saturated carbocycles. The van der Waals surface area contributed by atoms with Gasteiger partial charge in [0.25, 0.3) is 11.8 Å². The van der Waals surface area contributed by atoms with E-state index in [2.05, 4.69) is 32.4 Å². The van der Waals surface area contributed by atoms with Crippen molar-refractivity contribution >= 4 is 34.4 Å². The molecule has 41 heavy (non-hydrogen) atoms. The van der Waals surface area contributed by atoms with E-state index in [1.165, 1.54) is 4.90 Å². The van der Waals surface area contributed by atoms with E-state index in [1.54, 1.807) is 24.4 Å². The van der Waals surface area contributed by atoms with Crippen LogP contribution in [0.4, 0.5) is 0 Å². The van der Waals surface area contributed by atoms with E-state index in [0.717, 1.165) is 27.6 Å². The van der Waals surface area contributed by atoms with Crippen LogP contribution in [0.2, 0.25) is 0 Å². The molecule has 2 aliphatic heterocycles. The van der Waals surface area contributed by atoms with Crippen LogP contribution in [-0.4, -0.2) is 51.1 Å². The Bertz CT molecular complexity index is 1770. The molecular formula is C32H25N5O4. The number of benzene rings is 2. The number of nitrogens with zero attached hydrogens (tertiary/aromatic N) is 3. The Hall–Kier alpha value is -5.36. The summed E-state index contributed by atoms with van der Waals surface area (Å²) >= 11 is 0. The molecule has 4 heterocycles. The van der Waals surface area contributed by atoms with Crippen molar-refractivity contribution in [2.75, 3.05) is 6.54 Å². The number of carbonyl (C=O) groups is 4. The molecule has 9 nitrogen and oxygen atoms in total. The summed E-state index contributed by atoms with van der Waals surface area (Å²) in [5.74, 6) is 4.87. The lowest BCUT2D eigenvalue weighted by molar-refractivity contribution is -0.136. The predicted octanol–water partition coefficient (Wildman–Crippen LogP) is 3.23. The first-order valence-corrected chi connectivity index (χ1v) is 13.3. The van der Waals surface area contributed by atoms with Crippen LogP contribution in [0.25, 0.3) is 22.0 Å². The van der Waals surface area contributed by atoms with Gasteiger partial charge >= 0.3 is 0 Å². The summed E-state index contributed by atoms with van der Waals surface area (Å²) in [4.78, 5) is 59.7. The third kappa shape index (κ3) is 5.28. The fourth-order valence-corrected chi connectivity index (χ4v) is 5.11. The molecule has 9 heteroatoms. The van der Waals surface area contributed by atoms with Gasteiger partial charge in [0.2, 0.25) is 11.8 Å². The highest BCUT2D eigenvalue weighted by Gasteiger charge is 2.39.